The Kier molecular flexibility index (Phi) is 2.33. The highest BCUT2D eigenvalue weighted by Crippen LogP contribution is 2.20. The molecule has 2 nitrogen and oxygen atoms in total. The molecule has 1 unspecified atom stereocenters. The molecule has 1 aliphatic heterocycles. The molecule has 0 aromatic heterocycles. The van der Waals surface area contributed by atoms with Gasteiger partial charge in [0.05, 0.1) is 13.2 Å². The van der Waals surface area contributed by atoms with Crippen LogP contribution in [0.15, 0.2) is 12.3 Å². The number of ether oxygens (including phenoxy) is 1. The molecule has 2 heteroatoms. The molecule has 0 aliphatic carbocycles. The molecule has 10 heavy (non-hydrogen) atoms. The van der Waals surface area contributed by atoms with Crippen molar-refractivity contribution in [1.82, 2.24) is 4.90 Å². The fourth-order valence-electron chi connectivity index (χ4n) is 1.45. The van der Waals surface area contributed by atoms with E-state index >= 15 is 0 Å². The summed E-state index contributed by atoms with van der Waals surface area (Å²) in [4.78, 5) is 2.28. The highest BCUT2D eigenvalue weighted by atomic mass is 16.5. The van der Waals surface area contributed by atoms with Crippen LogP contribution in [0.1, 0.15) is 12.8 Å². The molecule has 1 atom stereocenters. The Hall–Kier alpha value is -0.500. The van der Waals surface area contributed by atoms with E-state index in [9.17, 15) is 0 Å². The molecule has 1 aliphatic rings. The lowest BCUT2D eigenvalue weighted by Gasteiger charge is -2.19. The number of hydrogen-bond acceptors (Lipinski definition) is 2. The van der Waals surface area contributed by atoms with Crippen LogP contribution in [-0.4, -0.2) is 31.6 Å². The summed E-state index contributed by atoms with van der Waals surface area (Å²) in [7, 11) is 3.80. The zero-order valence-electron chi connectivity index (χ0n) is 6.76. The molecule has 0 saturated carbocycles. The Balaban J connectivity index is 2.46. The molecule has 58 valence electrons. The smallest absolute Gasteiger partial charge is 0.105 e. The Bertz CT molecular complexity index is 133. The van der Waals surface area contributed by atoms with Crippen LogP contribution >= 0.6 is 0 Å². The summed E-state index contributed by atoms with van der Waals surface area (Å²) in [6, 6.07) is 0.463. The van der Waals surface area contributed by atoms with Crippen LogP contribution in [0, 0.1) is 0 Å². The highest BCUT2D eigenvalue weighted by molar-refractivity contribution is 4.99. The molecule has 0 spiro atoms. The summed E-state index contributed by atoms with van der Waals surface area (Å²) >= 11 is 0. The maximum Gasteiger partial charge on any atom is 0.105 e. The average Bonchev–Trinajstić information content (AvgIpc) is 2.34. The highest BCUT2D eigenvalue weighted by Gasteiger charge is 2.23. The third kappa shape index (κ3) is 1.32. The normalized spacial score (nSPS) is 26.8. The molecule has 1 saturated heterocycles. The van der Waals surface area contributed by atoms with E-state index in [2.05, 4.69) is 18.5 Å². The first kappa shape index (κ1) is 7.61. The summed E-state index contributed by atoms with van der Waals surface area (Å²) in [6.07, 6.45) is 2.46. The largest absolute Gasteiger partial charge is 0.500 e. The third-order valence-corrected chi connectivity index (χ3v) is 2.15. The monoisotopic (exact) mass is 141 g/mol. The van der Waals surface area contributed by atoms with E-state index in [-0.39, 0.29) is 0 Å². The second-order valence-corrected chi connectivity index (χ2v) is 2.81. The topological polar surface area (TPSA) is 12.5 Å². The van der Waals surface area contributed by atoms with E-state index in [0.717, 1.165) is 5.76 Å². The van der Waals surface area contributed by atoms with Crippen LogP contribution in [0.3, 0.4) is 0 Å². The number of likely N-dealkylation sites (N-methyl/N-ethyl adjacent to an activating group) is 1. The van der Waals surface area contributed by atoms with Gasteiger partial charge in [-0.2, -0.15) is 0 Å². The predicted octanol–water partition coefficient (Wildman–Crippen LogP) is 1.24. The molecule has 0 amide bonds. The van der Waals surface area contributed by atoms with Crippen molar-refractivity contribution in [2.24, 2.45) is 0 Å². The van der Waals surface area contributed by atoms with Gasteiger partial charge in [0.25, 0.3) is 0 Å². The van der Waals surface area contributed by atoms with E-state index in [0.29, 0.717) is 6.04 Å². The van der Waals surface area contributed by atoms with Crippen molar-refractivity contribution in [3.63, 3.8) is 0 Å². The van der Waals surface area contributed by atoms with Gasteiger partial charge in [-0.15, -0.1) is 0 Å². The maximum absolute atomic E-state index is 5.07. The van der Waals surface area contributed by atoms with Crippen LogP contribution in [0.4, 0.5) is 0 Å². The van der Waals surface area contributed by atoms with Gasteiger partial charge < -0.3 is 4.74 Å². The van der Waals surface area contributed by atoms with Crippen molar-refractivity contribution in [3.8, 4) is 0 Å². The first-order chi connectivity index (χ1) is 4.75. The van der Waals surface area contributed by atoms with Gasteiger partial charge in [-0.1, -0.05) is 6.58 Å². The van der Waals surface area contributed by atoms with Gasteiger partial charge in [-0.25, -0.2) is 0 Å². The van der Waals surface area contributed by atoms with Crippen LogP contribution in [-0.2, 0) is 4.74 Å². The minimum atomic E-state index is 0.463. The summed E-state index contributed by atoms with van der Waals surface area (Å²) in [6.45, 7) is 5.02. The lowest BCUT2D eigenvalue weighted by molar-refractivity contribution is 0.207. The minimum absolute atomic E-state index is 0.463. The fourth-order valence-corrected chi connectivity index (χ4v) is 1.45. The molecular weight excluding hydrogens is 126 g/mol. The van der Waals surface area contributed by atoms with E-state index in [1.54, 1.807) is 7.11 Å². The van der Waals surface area contributed by atoms with Gasteiger partial charge in [-0.05, 0) is 26.4 Å². The standard InChI is InChI=1S/C8H15NO/c1-7(10-3)8-5-4-6-9(8)2/h8H,1,4-6H2,2-3H3. The maximum atomic E-state index is 5.07. The van der Waals surface area contributed by atoms with E-state index in [1.165, 1.54) is 19.4 Å². The molecule has 1 fully saturated rings. The number of hydrogen-bond donors (Lipinski definition) is 0. The molecule has 0 bridgehead atoms. The van der Waals surface area contributed by atoms with Gasteiger partial charge in [0, 0.05) is 0 Å². The molecule has 0 N–H and O–H groups in total. The number of rotatable bonds is 2. The predicted molar refractivity (Wildman–Crippen MR) is 41.8 cm³/mol. The Labute approximate surface area is 62.5 Å². The van der Waals surface area contributed by atoms with E-state index < -0.39 is 0 Å². The zero-order valence-corrected chi connectivity index (χ0v) is 6.76. The zero-order chi connectivity index (χ0) is 7.56. The summed E-state index contributed by atoms with van der Waals surface area (Å²) in [5.41, 5.74) is 0. The fraction of sp³-hybridized carbons (Fsp3) is 0.750. The van der Waals surface area contributed by atoms with Gasteiger partial charge in [0.1, 0.15) is 5.76 Å². The van der Waals surface area contributed by atoms with Crippen LogP contribution in [0.2, 0.25) is 0 Å². The number of nitrogens with zero attached hydrogens (tertiary/aromatic N) is 1. The van der Waals surface area contributed by atoms with Gasteiger partial charge in [0.2, 0.25) is 0 Å². The average molecular weight is 141 g/mol. The summed E-state index contributed by atoms with van der Waals surface area (Å²) < 4.78 is 5.07. The third-order valence-electron chi connectivity index (χ3n) is 2.15. The number of likely N-dealkylation sites (tertiary alicyclic amines) is 1. The Morgan fingerprint density at radius 1 is 1.70 bits per heavy atom. The van der Waals surface area contributed by atoms with Crippen LogP contribution in [0.5, 0.6) is 0 Å². The molecule has 0 aromatic rings. The lowest BCUT2D eigenvalue weighted by Crippen LogP contribution is -2.26. The van der Waals surface area contributed by atoms with Gasteiger partial charge in [-0.3, -0.25) is 4.90 Å². The van der Waals surface area contributed by atoms with Gasteiger partial charge >= 0.3 is 0 Å². The first-order valence-corrected chi connectivity index (χ1v) is 3.68. The van der Waals surface area contributed by atoms with Crippen molar-refractivity contribution in [1.29, 1.82) is 0 Å². The minimum Gasteiger partial charge on any atom is -0.500 e. The first-order valence-electron chi connectivity index (χ1n) is 3.68. The van der Waals surface area contributed by atoms with Crippen molar-refractivity contribution in [2.75, 3.05) is 20.7 Å². The molecule has 0 radical (unpaired) electrons. The molecule has 1 heterocycles. The molecular formula is C8H15NO. The second kappa shape index (κ2) is 3.06. The Morgan fingerprint density at radius 2 is 2.40 bits per heavy atom. The van der Waals surface area contributed by atoms with E-state index in [1.807, 2.05) is 0 Å². The van der Waals surface area contributed by atoms with Crippen molar-refractivity contribution >= 4 is 0 Å². The summed E-state index contributed by atoms with van der Waals surface area (Å²) in [5.74, 6) is 0.903. The lowest BCUT2D eigenvalue weighted by atomic mass is 10.2. The van der Waals surface area contributed by atoms with Crippen LogP contribution in [0.25, 0.3) is 0 Å². The summed E-state index contributed by atoms with van der Waals surface area (Å²) in [5, 5.41) is 0. The van der Waals surface area contributed by atoms with Crippen molar-refractivity contribution in [2.45, 2.75) is 18.9 Å². The van der Waals surface area contributed by atoms with Crippen molar-refractivity contribution < 1.29 is 4.74 Å². The van der Waals surface area contributed by atoms with Crippen LogP contribution < -0.4 is 0 Å². The van der Waals surface area contributed by atoms with Gasteiger partial charge in [0.15, 0.2) is 0 Å². The molecule has 1 rings (SSSR count). The second-order valence-electron chi connectivity index (χ2n) is 2.81. The van der Waals surface area contributed by atoms with Crippen molar-refractivity contribution in [3.05, 3.63) is 12.3 Å². The quantitative estimate of drug-likeness (QED) is 0.536. The van der Waals surface area contributed by atoms with E-state index in [4.69, 9.17) is 4.74 Å². The number of methoxy groups -OCH3 is 1. The SMILES string of the molecule is C=C(OC)C1CCCN1C. The molecule has 0 aromatic carbocycles. The Morgan fingerprint density at radius 3 is 2.80 bits per heavy atom.